The lowest BCUT2D eigenvalue weighted by Gasteiger charge is -2.21. The highest BCUT2D eigenvalue weighted by atomic mass is 16.1. The van der Waals surface area contributed by atoms with E-state index in [-0.39, 0.29) is 5.91 Å². The molecule has 1 saturated carbocycles. The van der Waals surface area contributed by atoms with Gasteiger partial charge in [-0.1, -0.05) is 38.5 Å². The molecule has 0 atom stereocenters. The molecule has 2 rings (SSSR count). The zero-order valence-electron chi connectivity index (χ0n) is 14.1. The number of hydrogen-bond donors (Lipinski definition) is 2. The van der Waals surface area contributed by atoms with Crippen LogP contribution in [0.3, 0.4) is 0 Å². The third-order valence-corrected chi connectivity index (χ3v) is 4.40. The van der Waals surface area contributed by atoms with Gasteiger partial charge < -0.3 is 10.6 Å². The Kier molecular flexibility index (Phi) is 8.45. The first-order valence-electron chi connectivity index (χ1n) is 9.15. The first kappa shape index (κ1) is 17.7. The third kappa shape index (κ3) is 7.95. The number of aromatic nitrogens is 2. The monoisotopic (exact) mass is 318 g/mol. The van der Waals surface area contributed by atoms with Crippen molar-refractivity contribution in [3.05, 3.63) is 18.5 Å². The van der Waals surface area contributed by atoms with Crippen LogP contribution < -0.4 is 10.6 Å². The van der Waals surface area contributed by atoms with Crippen molar-refractivity contribution >= 4 is 11.9 Å². The van der Waals surface area contributed by atoms with Gasteiger partial charge in [-0.05, 0) is 31.7 Å². The van der Waals surface area contributed by atoms with Gasteiger partial charge in [0.05, 0.1) is 0 Å². The van der Waals surface area contributed by atoms with E-state index in [1.165, 1.54) is 32.1 Å². The van der Waals surface area contributed by atoms with Gasteiger partial charge in [-0.25, -0.2) is 9.97 Å². The van der Waals surface area contributed by atoms with E-state index in [1.807, 2.05) is 0 Å². The Hall–Kier alpha value is -1.65. The first-order chi connectivity index (χ1) is 11.3. The molecule has 0 aliphatic heterocycles. The van der Waals surface area contributed by atoms with Crippen molar-refractivity contribution < 1.29 is 4.79 Å². The van der Waals surface area contributed by atoms with Gasteiger partial charge in [0.1, 0.15) is 0 Å². The van der Waals surface area contributed by atoms with Gasteiger partial charge in [0.25, 0.3) is 0 Å². The normalized spacial score (nSPS) is 16.3. The van der Waals surface area contributed by atoms with Crippen molar-refractivity contribution in [1.29, 1.82) is 0 Å². The molecule has 0 spiro atoms. The molecule has 0 saturated heterocycles. The zero-order chi connectivity index (χ0) is 16.2. The standard InChI is InChI=1S/C18H30N4O/c23-17(22-16-10-5-2-1-3-6-11-16)12-7-4-8-13-19-18-20-14-9-15-21-18/h9,14-16H,1-8,10-13H2,(H,22,23)(H,19,20,21). The second-order valence-electron chi connectivity index (χ2n) is 6.42. The van der Waals surface area contributed by atoms with Crippen LogP contribution in [0.15, 0.2) is 18.5 Å². The number of unbranched alkanes of at least 4 members (excludes halogenated alkanes) is 2. The Bertz CT molecular complexity index is 430. The molecule has 128 valence electrons. The fraction of sp³-hybridized carbons (Fsp3) is 0.722. The average Bonchev–Trinajstić information content (AvgIpc) is 2.54. The van der Waals surface area contributed by atoms with Crippen LogP contribution in [0.4, 0.5) is 5.95 Å². The summed E-state index contributed by atoms with van der Waals surface area (Å²) in [4.78, 5) is 20.3. The molecule has 5 heteroatoms. The number of rotatable bonds is 8. The van der Waals surface area contributed by atoms with Gasteiger partial charge in [-0.15, -0.1) is 0 Å². The molecule has 0 bridgehead atoms. The summed E-state index contributed by atoms with van der Waals surface area (Å²) >= 11 is 0. The summed E-state index contributed by atoms with van der Waals surface area (Å²) in [6.07, 6.45) is 16.0. The van der Waals surface area contributed by atoms with Gasteiger partial charge >= 0.3 is 0 Å². The summed E-state index contributed by atoms with van der Waals surface area (Å²) in [5, 5.41) is 6.42. The predicted octanol–water partition coefficient (Wildman–Crippen LogP) is 3.68. The minimum atomic E-state index is 0.231. The minimum Gasteiger partial charge on any atom is -0.354 e. The van der Waals surface area contributed by atoms with Crippen molar-refractivity contribution in [1.82, 2.24) is 15.3 Å². The second kappa shape index (κ2) is 11.0. The molecule has 0 radical (unpaired) electrons. The number of amides is 1. The molecule has 5 nitrogen and oxygen atoms in total. The van der Waals surface area contributed by atoms with E-state index in [2.05, 4.69) is 20.6 Å². The number of carbonyl (C=O) groups excluding carboxylic acids is 1. The molecule has 1 heterocycles. The van der Waals surface area contributed by atoms with Crippen LogP contribution in [0, 0.1) is 0 Å². The van der Waals surface area contributed by atoms with Gasteiger partial charge in [-0.3, -0.25) is 4.79 Å². The Morgan fingerprint density at radius 3 is 2.43 bits per heavy atom. The minimum absolute atomic E-state index is 0.231. The van der Waals surface area contributed by atoms with E-state index < -0.39 is 0 Å². The Morgan fingerprint density at radius 1 is 1.00 bits per heavy atom. The SMILES string of the molecule is O=C(CCCCCNc1ncccn1)NC1CCCCCCC1. The molecule has 0 unspecified atom stereocenters. The highest BCUT2D eigenvalue weighted by Gasteiger charge is 2.13. The van der Waals surface area contributed by atoms with Gasteiger partial charge in [0.15, 0.2) is 0 Å². The van der Waals surface area contributed by atoms with E-state index in [1.54, 1.807) is 18.5 Å². The van der Waals surface area contributed by atoms with Crippen molar-refractivity contribution in [2.24, 2.45) is 0 Å². The van der Waals surface area contributed by atoms with Crippen LogP contribution in [0.1, 0.15) is 70.6 Å². The number of nitrogens with one attached hydrogen (secondary N) is 2. The summed E-state index contributed by atoms with van der Waals surface area (Å²) in [6, 6.07) is 2.22. The van der Waals surface area contributed by atoms with Crippen molar-refractivity contribution in [2.45, 2.75) is 76.7 Å². The molecule has 1 fully saturated rings. The van der Waals surface area contributed by atoms with Gasteiger partial charge in [0, 0.05) is 31.4 Å². The molecular weight excluding hydrogens is 288 g/mol. The fourth-order valence-corrected chi connectivity index (χ4v) is 3.08. The summed E-state index contributed by atoms with van der Waals surface area (Å²) in [6.45, 7) is 0.855. The maximum Gasteiger partial charge on any atom is 0.222 e. The number of carbonyl (C=O) groups is 1. The van der Waals surface area contributed by atoms with Crippen LogP contribution in [-0.2, 0) is 4.79 Å². The van der Waals surface area contributed by atoms with E-state index in [0.29, 0.717) is 18.4 Å². The largest absolute Gasteiger partial charge is 0.354 e. The molecule has 1 aliphatic rings. The van der Waals surface area contributed by atoms with Crippen molar-refractivity contribution in [3.8, 4) is 0 Å². The number of nitrogens with zero attached hydrogens (tertiary/aromatic N) is 2. The highest BCUT2D eigenvalue weighted by Crippen LogP contribution is 2.17. The summed E-state index contributed by atoms with van der Waals surface area (Å²) < 4.78 is 0. The lowest BCUT2D eigenvalue weighted by atomic mass is 9.96. The highest BCUT2D eigenvalue weighted by molar-refractivity contribution is 5.76. The van der Waals surface area contributed by atoms with Gasteiger partial charge in [0.2, 0.25) is 11.9 Å². The fourth-order valence-electron chi connectivity index (χ4n) is 3.08. The van der Waals surface area contributed by atoms with Gasteiger partial charge in [-0.2, -0.15) is 0 Å². The van der Waals surface area contributed by atoms with E-state index >= 15 is 0 Å². The Morgan fingerprint density at radius 2 is 1.70 bits per heavy atom. The summed E-state index contributed by atoms with van der Waals surface area (Å²) in [5.74, 6) is 0.907. The first-order valence-corrected chi connectivity index (χ1v) is 9.15. The van der Waals surface area contributed by atoms with Crippen LogP contribution in [-0.4, -0.2) is 28.5 Å². The van der Waals surface area contributed by atoms with Crippen LogP contribution in [0.25, 0.3) is 0 Å². The lowest BCUT2D eigenvalue weighted by molar-refractivity contribution is -0.122. The summed E-state index contributed by atoms with van der Waals surface area (Å²) in [5.41, 5.74) is 0. The smallest absolute Gasteiger partial charge is 0.222 e. The number of anilines is 1. The Labute approximate surface area is 139 Å². The van der Waals surface area contributed by atoms with E-state index in [9.17, 15) is 4.79 Å². The summed E-state index contributed by atoms with van der Waals surface area (Å²) in [7, 11) is 0. The molecule has 1 aliphatic carbocycles. The maximum absolute atomic E-state index is 12.0. The van der Waals surface area contributed by atoms with Crippen LogP contribution in [0.5, 0.6) is 0 Å². The van der Waals surface area contributed by atoms with Crippen molar-refractivity contribution in [3.63, 3.8) is 0 Å². The lowest BCUT2D eigenvalue weighted by Crippen LogP contribution is -2.35. The predicted molar refractivity (Wildman–Crippen MR) is 93.2 cm³/mol. The topological polar surface area (TPSA) is 66.9 Å². The maximum atomic E-state index is 12.0. The van der Waals surface area contributed by atoms with Crippen molar-refractivity contribution in [2.75, 3.05) is 11.9 Å². The number of hydrogen-bond acceptors (Lipinski definition) is 4. The van der Waals surface area contributed by atoms with Crippen LogP contribution >= 0.6 is 0 Å². The molecule has 1 aromatic heterocycles. The third-order valence-electron chi connectivity index (χ3n) is 4.40. The molecule has 1 amide bonds. The average molecular weight is 318 g/mol. The van der Waals surface area contributed by atoms with E-state index in [0.717, 1.165) is 38.6 Å². The second-order valence-corrected chi connectivity index (χ2v) is 6.42. The quantitative estimate of drug-likeness (QED) is 0.718. The molecule has 2 N–H and O–H groups in total. The zero-order valence-corrected chi connectivity index (χ0v) is 14.1. The molecule has 0 aromatic carbocycles. The van der Waals surface area contributed by atoms with E-state index in [4.69, 9.17) is 0 Å². The molecular formula is C18H30N4O. The molecule has 23 heavy (non-hydrogen) atoms. The van der Waals surface area contributed by atoms with Crippen LogP contribution in [0.2, 0.25) is 0 Å². The Balaban J connectivity index is 1.49. The molecule has 1 aromatic rings.